The number of hydrogen-bond donors (Lipinski definition) is 1. The molecule has 0 amide bonds. The molecule has 0 aliphatic rings. The average Bonchev–Trinajstić information content (AvgIpc) is 2.39. The molecule has 0 aliphatic carbocycles. The summed E-state index contributed by atoms with van der Waals surface area (Å²) >= 11 is 1.62. The number of nitrogens with two attached hydrogens (primary N) is 1. The maximum atomic E-state index is 12.3. The molecule has 1 rings (SSSR count). The van der Waals surface area contributed by atoms with Crippen LogP contribution in [0.25, 0.3) is 0 Å². The summed E-state index contributed by atoms with van der Waals surface area (Å²) < 4.78 is 12.3. The van der Waals surface area contributed by atoms with E-state index in [1.54, 1.807) is 11.3 Å². The third-order valence-corrected chi connectivity index (χ3v) is 2.80. The van der Waals surface area contributed by atoms with Crippen molar-refractivity contribution in [3.63, 3.8) is 0 Å². The molecule has 0 saturated heterocycles. The van der Waals surface area contributed by atoms with Gasteiger partial charge in [0.2, 0.25) is 0 Å². The first-order valence-corrected chi connectivity index (χ1v) is 4.42. The van der Waals surface area contributed by atoms with Crippen LogP contribution in [-0.4, -0.2) is 13.2 Å². The molecule has 0 radical (unpaired) electrons. The van der Waals surface area contributed by atoms with Gasteiger partial charge in [-0.15, -0.1) is 11.3 Å². The fourth-order valence-electron chi connectivity index (χ4n) is 0.928. The topological polar surface area (TPSA) is 26.0 Å². The molecule has 1 nitrogen and oxygen atoms in total. The molecule has 1 atom stereocenters. The van der Waals surface area contributed by atoms with Crippen LogP contribution < -0.4 is 5.73 Å². The molecular weight excluding hydrogens is 161 g/mol. The van der Waals surface area contributed by atoms with Crippen molar-refractivity contribution in [2.45, 2.75) is 12.8 Å². The number of alkyl halides is 1. The number of rotatable bonds is 3. The van der Waals surface area contributed by atoms with Crippen molar-refractivity contribution in [3.05, 3.63) is 21.9 Å². The van der Waals surface area contributed by atoms with Gasteiger partial charge in [0.15, 0.2) is 0 Å². The van der Waals surface area contributed by atoms with E-state index >= 15 is 0 Å². The van der Waals surface area contributed by atoms with Crippen LogP contribution in [-0.2, 0) is 0 Å². The van der Waals surface area contributed by atoms with Gasteiger partial charge in [0.25, 0.3) is 0 Å². The lowest BCUT2D eigenvalue weighted by atomic mass is 10.1. The fourth-order valence-corrected chi connectivity index (χ4v) is 1.90. The second-order valence-corrected chi connectivity index (χ2v) is 3.85. The lowest BCUT2D eigenvalue weighted by Gasteiger charge is -2.05. The number of aryl methyl sites for hydroxylation is 1. The van der Waals surface area contributed by atoms with E-state index in [4.69, 9.17) is 5.73 Å². The van der Waals surface area contributed by atoms with Gasteiger partial charge in [-0.05, 0) is 19.1 Å². The molecule has 2 N–H and O–H groups in total. The third-order valence-electron chi connectivity index (χ3n) is 1.63. The van der Waals surface area contributed by atoms with Crippen molar-refractivity contribution in [1.82, 2.24) is 0 Å². The van der Waals surface area contributed by atoms with E-state index in [0.29, 0.717) is 6.54 Å². The first-order chi connectivity index (χ1) is 5.27. The lowest BCUT2D eigenvalue weighted by Crippen LogP contribution is -2.12. The Labute approximate surface area is 70.0 Å². The van der Waals surface area contributed by atoms with E-state index in [1.807, 2.05) is 19.1 Å². The molecule has 3 heteroatoms. The summed E-state index contributed by atoms with van der Waals surface area (Å²) in [6.07, 6.45) is 0. The first kappa shape index (κ1) is 8.68. The zero-order valence-electron chi connectivity index (χ0n) is 6.51. The van der Waals surface area contributed by atoms with Crippen molar-refractivity contribution in [3.8, 4) is 0 Å². The number of hydrogen-bond acceptors (Lipinski definition) is 2. The Balaban J connectivity index is 2.73. The van der Waals surface area contributed by atoms with E-state index in [9.17, 15) is 4.39 Å². The van der Waals surface area contributed by atoms with E-state index in [0.717, 1.165) is 4.88 Å². The molecule has 0 saturated carbocycles. The maximum Gasteiger partial charge on any atom is 0.0982 e. The van der Waals surface area contributed by atoms with Gasteiger partial charge >= 0.3 is 0 Å². The van der Waals surface area contributed by atoms with Gasteiger partial charge in [-0.3, -0.25) is 4.39 Å². The Morgan fingerprint density at radius 2 is 2.36 bits per heavy atom. The Kier molecular flexibility index (Phi) is 3.02. The van der Waals surface area contributed by atoms with Gasteiger partial charge in [-0.1, -0.05) is 0 Å². The summed E-state index contributed by atoms with van der Waals surface area (Å²) in [7, 11) is 0. The lowest BCUT2D eigenvalue weighted by molar-refractivity contribution is 0.438. The van der Waals surface area contributed by atoms with Crippen LogP contribution in [0.3, 0.4) is 0 Å². The summed E-state index contributed by atoms with van der Waals surface area (Å²) in [5.74, 6) is -0.0892. The van der Waals surface area contributed by atoms with Gasteiger partial charge in [0, 0.05) is 22.2 Å². The third kappa shape index (κ3) is 2.01. The predicted octanol–water partition coefficient (Wildman–Crippen LogP) is 2.07. The molecule has 1 heterocycles. The van der Waals surface area contributed by atoms with Crippen LogP contribution in [0.4, 0.5) is 4.39 Å². The molecule has 1 unspecified atom stereocenters. The normalized spacial score (nSPS) is 13.4. The molecule has 0 fully saturated rings. The maximum absolute atomic E-state index is 12.3. The summed E-state index contributed by atoms with van der Waals surface area (Å²) in [6.45, 7) is 2.06. The summed E-state index contributed by atoms with van der Waals surface area (Å²) in [6, 6.07) is 3.95. The number of thiophene rings is 1. The molecule has 62 valence electrons. The SMILES string of the molecule is Cc1ccc(C(CN)CF)s1. The summed E-state index contributed by atoms with van der Waals surface area (Å²) in [4.78, 5) is 2.28. The molecule has 0 aliphatic heterocycles. The van der Waals surface area contributed by atoms with Crippen LogP contribution in [0.1, 0.15) is 15.7 Å². The van der Waals surface area contributed by atoms with Gasteiger partial charge in [0.1, 0.15) is 0 Å². The Morgan fingerprint density at radius 1 is 1.64 bits per heavy atom. The molecule has 0 aromatic carbocycles. The van der Waals surface area contributed by atoms with Crippen molar-refractivity contribution in [2.24, 2.45) is 5.73 Å². The standard InChI is InChI=1S/C8H12FNS/c1-6-2-3-8(11-6)7(4-9)5-10/h2-3,7H,4-5,10H2,1H3. The smallest absolute Gasteiger partial charge is 0.0982 e. The predicted molar refractivity (Wildman–Crippen MR) is 46.8 cm³/mol. The van der Waals surface area contributed by atoms with Crippen molar-refractivity contribution in [2.75, 3.05) is 13.2 Å². The average molecular weight is 173 g/mol. The zero-order valence-corrected chi connectivity index (χ0v) is 7.33. The van der Waals surface area contributed by atoms with Crippen molar-refractivity contribution in [1.29, 1.82) is 0 Å². The minimum absolute atomic E-state index is 0.0892. The van der Waals surface area contributed by atoms with E-state index in [1.165, 1.54) is 4.88 Å². The van der Waals surface area contributed by atoms with E-state index < -0.39 is 0 Å². The monoisotopic (exact) mass is 173 g/mol. The molecule has 1 aromatic heterocycles. The van der Waals surface area contributed by atoms with Crippen LogP contribution in [0.5, 0.6) is 0 Å². The van der Waals surface area contributed by atoms with Crippen LogP contribution in [0, 0.1) is 6.92 Å². The van der Waals surface area contributed by atoms with Crippen molar-refractivity contribution < 1.29 is 4.39 Å². The minimum atomic E-state index is -0.351. The van der Waals surface area contributed by atoms with Gasteiger partial charge in [-0.2, -0.15) is 0 Å². The molecule has 11 heavy (non-hydrogen) atoms. The van der Waals surface area contributed by atoms with Crippen molar-refractivity contribution >= 4 is 11.3 Å². The highest BCUT2D eigenvalue weighted by atomic mass is 32.1. The Morgan fingerprint density at radius 3 is 2.73 bits per heavy atom. The zero-order chi connectivity index (χ0) is 8.27. The van der Waals surface area contributed by atoms with Crippen LogP contribution >= 0.6 is 11.3 Å². The van der Waals surface area contributed by atoms with E-state index in [-0.39, 0.29) is 12.6 Å². The molecular formula is C8H12FNS. The number of halogens is 1. The Bertz CT molecular complexity index is 218. The highest BCUT2D eigenvalue weighted by Gasteiger charge is 2.10. The van der Waals surface area contributed by atoms with Crippen LogP contribution in [0.15, 0.2) is 12.1 Å². The van der Waals surface area contributed by atoms with Gasteiger partial charge in [-0.25, -0.2) is 0 Å². The second-order valence-electron chi connectivity index (χ2n) is 2.54. The molecule has 0 bridgehead atoms. The highest BCUT2D eigenvalue weighted by Crippen LogP contribution is 2.23. The Hall–Kier alpha value is -0.410. The minimum Gasteiger partial charge on any atom is -0.330 e. The molecule has 1 aromatic rings. The van der Waals surface area contributed by atoms with Gasteiger partial charge < -0.3 is 5.73 Å². The summed E-state index contributed by atoms with van der Waals surface area (Å²) in [5.41, 5.74) is 5.39. The first-order valence-electron chi connectivity index (χ1n) is 3.60. The quantitative estimate of drug-likeness (QED) is 0.744. The van der Waals surface area contributed by atoms with Gasteiger partial charge in [0.05, 0.1) is 6.67 Å². The van der Waals surface area contributed by atoms with Crippen LogP contribution in [0.2, 0.25) is 0 Å². The fraction of sp³-hybridized carbons (Fsp3) is 0.500. The largest absolute Gasteiger partial charge is 0.330 e. The van der Waals surface area contributed by atoms with E-state index in [2.05, 4.69) is 0 Å². The summed E-state index contributed by atoms with van der Waals surface area (Å²) in [5, 5.41) is 0. The molecule has 0 spiro atoms. The highest BCUT2D eigenvalue weighted by molar-refractivity contribution is 7.12. The second kappa shape index (κ2) is 3.83.